The fourth-order valence-electron chi connectivity index (χ4n) is 2.16. The van der Waals surface area contributed by atoms with E-state index in [1.807, 2.05) is 0 Å². The van der Waals surface area contributed by atoms with Gasteiger partial charge in [-0.05, 0) is 36.1 Å². The molecule has 0 aromatic heterocycles. The zero-order valence-corrected chi connectivity index (χ0v) is 14.4. The molecule has 24 heavy (non-hydrogen) atoms. The first-order valence-electron chi connectivity index (χ1n) is 6.91. The van der Waals surface area contributed by atoms with Gasteiger partial charge in [-0.15, -0.1) is 0 Å². The molecule has 0 spiro atoms. The van der Waals surface area contributed by atoms with E-state index < -0.39 is 26.0 Å². The number of hydrogen-bond acceptors (Lipinski definition) is 6. The molecule has 0 heterocycles. The lowest BCUT2D eigenvalue weighted by molar-refractivity contribution is 0.319. The summed E-state index contributed by atoms with van der Waals surface area (Å²) in [5.74, 6) is -0.273. The normalized spacial score (nSPS) is 12.3. The van der Waals surface area contributed by atoms with Crippen molar-refractivity contribution in [3.63, 3.8) is 0 Å². The van der Waals surface area contributed by atoms with Crippen molar-refractivity contribution in [1.29, 1.82) is 0 Å². The van der Waals surface area contributed by atoms with Gasteiger partial charge in [0.15, 0.2) is 0 Å². The highest BCUT2D eigenvalue weighted by molar-refractivity contribution is 7.86. The number of nitrogens with one attached hydrogen (secondary N) is 1. The van der Waals surface area contributed by atoms with Crippen LogP contribution in [0.4, 0.5) is 5.69 Å². The Balaban J connectivity index is 2.39. The van der Waals surface area contributed by atoms with Gasteiger partial charge in [-0.25, -0.2) is 0 Å². The maximum Gasteiger partial charge on any atom is 0.294 e. The second-order valence-corrected chi connectivity index (χ2v) is 8.06. The summed E-state index contributed by atoms with van der Waals surface area (Å²) < 4.78 is 67.6. The van der Waals surface area contributed by atoms with Crippen molar-refractivity contribution in [2.75, 3.05) is 24.7 Å². The van der Waals surface area contributed by atoms with E-state index in [2.05, 4.69) is 5.32 Å². The SMILES string of the molecule is CNc1ccc2c(OCCCS(=O)(=O)O)cc(S(=O)(=O)O)cc2c1. The molecule has 0 aliphatic rings. The lowest BCUT2D eigenvalue weighted by atomic mass is 10.1. The topological polar surface area (TPSA) is 130 Å². The highest BCUT2D eigenvalue weighted by Crippen LogP contribution is 2.31. The maximum atomic E-state index is 11.4. The molecular formula is C14H17NO7S2. The lowest BCUT2D eigenvalue weighted by Gasteiger charge is -2.12. The number of benzene rings is 2. The third-order valence-electron chi connectivity index (χ3n) is 3.28. The Hall–Kier alpha value is -1.88. The van der Waals surface area contributed by atoms with Crippen LogP contribution in [0, 0.1) is 0 Å². The molecule has 2 rings (SSSR count). The molecular weight excluding hydrogens is 358 g/mol. The maximum absolute atomic E-state index is 11.4. The minimum absolute atomic E-state index is 0.0328. The van der Waals surface area contributed by atoms with Gasteiger partial charge >= 0.3 is 0 Å². The summed E-state index contributed by atoms with van der Waals surface area (Å²) in [6.07, 6.45) is 0.0328. The van der Waals surface area contributed by atoms with E-state index in [4.69, 9.17) is 9.29 Å². The summed E-state index contributed by atoms with van der Waals surface area (Å²) in [6.45, 7) is -0.0440. The molecule has 0 atom stereocenters. The number of fused-ring (bicyclic) bond motifs is 1. The minimum atomic E-state index is -4.43. The van der Waals surface area contributed by atoms with Crippen LogP contribution in [0.5, 0.6) is 5.75 Å². The van der Waals surface area contributed by atoms with Crippen molar-refractivity contribution in [2.45, 2.75) is 11.3 Å². The summed E-state index contributed by atoms with van der Waals surface area (Å²) >= 11 is 0. The van der Waals surface area contributed by atoms with E-state index >= 15 is 0 Å². The van der Waals surface area contributed by atoms with E-state index in [1.54, 1.807) is 25.2 Å². The van der Waals surface area contributed by atoms with Gasteiger partial charge in [-0.1, -0.05) is 0 Å². The Morgan fingerprint density at radius 1 is 1.08 bits per heavy atom. The number of rotatable bonds is 7. The quantitative estimate of drug-likeness (QED) is 0.493. The van der Waals surface area contributed by atoms with Gasteiger partial charge in [-0.2, -0.15) is 16.8 Å². The highest BCUT2D eigenvalue weighted by atomic mass is 32.2. The first-order chi connectivity index (χ1) is 11.1. The fourth-order valence-corrected chi connectivity index (χ4v) is 3.17. The van der Waals surface area contributed by atoms with Gasteiger partial charge in [0.05, 0.1) is 17.3 Å². The Kier molecular flexibility index (Phi) is 5.33. The van der Waals surface area contributed by atoms with E-state index in [-0.39, 0.29) is 23.7 Å². The van der Waals surface area contributed by atoms with Crippen molar-refractivity contribution in [1.82, 2.24) is 0 Å². The Morgan fingerprint density at radius 3 is 2.38 bits per heavy atom. The molecule has 2 aromatic carbocycles. The first-order valence-corrected chi connectivity index (χ1v) is 9.96. The zero-order chi connectivity index (χ0) is 18.0. The van der Waals surface area contributed by atoms with Crippen molar-refractivity contribution < 1.29 is 30.7 Å². The molecule has 0 saturated carbocycles. The van der Waals surface area contributed by atoms with Crippen LogP contribution in [-0.2, 0) is 20.2 Å². The van der Waals surface area contributed by atoms with Gasteiger partial charge in [-0.3, -0.25) is 9.11 Å². The summed E-state index contributed by atoms with van der Waals surface area (Å²) in [5, 5.41) is 4.05. The van der Waals surface area contributed by atoms with Crippen molar-refractivity contribution in [3.8, 4) is 5.75 Å². The Labute approximate surface area is 139 Å². The number of anilines is 1. The van der Waals surface area contributed by atoms with Crippen LogP contribution >= 0.6 is 0 Å². The van der Waals surface area contributed by atoms with Gasteiger partial charge in [0.25, 0.3) is 20.2 Å². The summed E-state index contributed by atoms with van der Waals surface area (Å²) in [7, 11) is -6.80. The molecule has 0 radical (unpaired) electrons. The van der Waals surface area contributed by atoms with Crippen LogP contribution in [0.25, 0.3) is 10.8 Å². The largest absolute Gasteiger partial charge is 0.493 e. The minimum Gasteiger partial charge on any atom is -0.493 e. The van der Waals surface area contributed by atoms with Gasteiger partial charge in [0.2, 0.25) is 0 Å². The molecule has 0 bridgehead atoms. The monoisotopic (exact) mass is 375 g/mol. The van der Waals surface area contributed by atoms with Crippen molar-refractivity contribution in [3.05, 3.63) is 30.3 Å². The number of ether oxygens (including phenoxy) is 1. The number of hydrogen-bond donors (Lipinski definition) is 3. The van der Waals surface area contributed by atoms with Gasteiger partial charge < -0.3 is 10.1 Å². The summed E-state index contributed by atoms with van der Waals surface area (Å²) in [6, 6.07) is 7.66. The molecule has 0 saturated heterocycles. The van der Waals surface area contributed by atoms with Crippen LogP contribution in [0.1, 0.15) is 6.42 Å². The third-order valence-corrected chi connectivity index (χ3v) is 4.91. The van der Waals surface area contributed by atoms with Gasteiger partial charge in [0, 0.05) is 24.2 Å². The standard InChI is InChI=1S/C14H17NO7S2/c1-15-11-3-4-13-10(7-11)8-12(24(19,20)21)9-14(13)22-5-2-6-23(16,17)18/h3-4,7-9,15H,2,5-6H2,1H3,(H,16,17,18)(H,19,20,21). The smallest absolute Gasteiger partial charge is 0.294 e. The van der Waals surface area contributed by atoms with Crippen LogP contribution < -0.4 is 10.1 Å². The molecule has 0 amide bonds. The molecule has 0 aliphatic carbocycles. The van der Waals surface area contributed by atoms with Crippen LogP contribution in [-0.4, -0.2) is 45.3 Å². The average Bonchev–Trinajstić information content (AvgIpc) is 2.48. The van der Waals surface area contributed by atoms with E-state index in [1.165, 1.54) is 12.1 Å². The van der Waals surface area contributed by atoms with Gasteiger partial charge in [0.1, 0.15) is 5.75 Å². The molecule has 10 heteroatoms. The Bertz CT molecular complexity index is 952. The molecule has 0 aliphatic heterocycles. The van der Waals surface area contributed by atoms with Crippen LogP contribution in [0.3, 0.4) is 0 Å². The van der Waals surface area contributed by atoms with Crippen molar-refractivity contribution >= 4 is 36.7 Å². The second kappa shape index (κ2) is 6.93. The lowest BCUT2D eigenvalue weighted by Crippen LogP contribution is -2.09. The molecule has 0 unspecified atom stereocenters. The highest BCUT2D eigenvalue weighted by Gasteiger charge is 2.15. The fraction of sp³-hybridized carbons (Fsp3) is 0.286. The third kappa shape index (κ3) is 4.81. The first kappa shape index (κ1) is 18.5. The van der Waals surface area contributed by atoms with E-state index in [0.29, 0.717) is 10.8 Å². The molecule has 0 fully saturated rings. The summed E-state index contributed by atoms with van der Waals surface area (Å²) in [4.78, 5) is -0.326. The van der Waals surface area contributed by atoms with Crippen LogP contribution in [0.15, 0.2) is 35.2 Å². The van der Waals surface area contributed by atoms with Crippen LogP contribution in [0.2, 0.25) is 0 Å². The average molecular weight is 375 g/mol. The molecule has 132 valence electrons. The summed E-state index contributed by atoms with van der Waals surface area (Å²) in [5.41, 5.74) is 0.743. The molecule has 8 nitrogen and oxygen atoms in total. The van der Waals surface area contributed by atoms with Crippen molar-refractivity contribution in [2.24, 2.45) is 0 Å². The Morgan fingerprint density at radius 2 is 1.79 bits per heavy atom. The van der Waals surface area contributed by atoms with E-state index in [0.717, 1.165) is 5.69 Å². The van der Waals surface area contributed by atoms with E-state index in [9.17, 15) is 21.4 Å². The predicted octanol–water partition coefficient (Wildman–Crippen LogP) is 1.78. The predicted molar refractivity (Wildman–Crippen MR) is 89.8 cm³/mol. The molecule has 3 N–H and O–H groups in total. The second-order valence-electron chi connectivity index (χ2n) is 5.07. The molecule has 2 aromatic rings. The zero-order valence-electron chi connectivity index (χ0n) is 12.8.